The lowest BCUT2D eigenvalue weighted by Gasteiger charge is -2.28. The summed E-state index contributed by atoms with van der Waals surface area (Å²) in [5.41, 5.74) is 0. The third kappa shape index (κ3) is 39.7. The van der Waals surface area contributed by atoms with Crippen LogP contribution in [0.25, 0.3) is 0 Å². The van der Waals surface area contributed by atoms with Gasteiger partial charge in [-0.25, -0.2) is 0 Å². The summed E-state index contributed by atoms with van der Waals surface area (Å²) in [5, 5.41) is 0. The minimum Gasteiger partial charge on any atom is -0.756 e. The molecule has 0 aliphatic heterocycles. The Balaban J connectivity index is 4.41. The highest BCUT2D eigenvalue weighted by Gasteiger charge is 2.21. The number of hydrogen-bond acceptors (Lipinski definition) is 8. The summed E-state index contributed by atoms with van der Waals surface area (Å²) in [7, 11) is 1.15. The Morgan fingerprint density at radius 1 is 0.593 bits per heavy atom. The predicted octanol–water partition coefficient (Wildman–Crippen LogP) is 11.3. The maximum Gasteiger partial charge on any atom is 0.306 e. The highest BCUT2D eigenvalue weighted by molar-refractivity contribution is 7.45. The number of allylic oxidation sites excluding steroid dienone is 8. The first-order valence-corrected chi connectivity index (χ1v) is 22.8. The number of phosphoric acid groups is 1. The molecule has 9 nitrogen and oxygen atoms in total. The molecule has 0 rings (SSSR count). The molecule has 0 amide bonds. The molecule has 0 aromatic heterocycles. The zero-order chi connectivity index (χ0) is 40.0. The Morgan fingerprint density at radius 3 is 1.57 bits per heavy atom. The number of quaternary nitrogens is 1. The quantitative estimate of drug-likeness (QED) is 0.0200. The number of carbonyl (C=O) groups excluding carboxylic acids is 2. The molecule has 0 fully saturated rings. The van der Waals surface area contributed by atoms with E-state index in [1.807, 2.05) is 21.1 Å². The van der Waals surface area contributed by atoms with Crippen molar-refractivity contribution in [3.05, 3.63) is 48.6 Å². The molecule has 0 radical (unpaired) electrons. The van der Waals surface area contributed by atoms with Crippen molar-refractivity contribution >= 4 is 19.8 Å². The Hall–Kier alpha value is -2.03. The van der Waals surface area contributed by atoms with Gasteiger partial charge < -0.3 is 27.9 Å². The van der Waals surface area contributed by atoms with Gasteiger partial charge in [0, 0.05) is 12.8 Å². The number of likely N-dealkylation sites (N-methyl/N-ethyl adjacent to an activating group) is 1. The molecule has 54 heavy (non-hydrogen) atoms. The van der Waals surface area contributed by atoms with Gasteiger partial charge in [0.1, 0.15) is 19.8 Å². The first-order chi connectivity index (χ1) is 26.0. The minimum atomic E-state index is -4.63. The second-order valence-corrected chi connectivity index (χ2v) is 16.7. The maximum absolute atomic E-state index is 12.6. The smallest absolute Gasteiger partial charge is 0.306 e. The first-order valence-electron chi connectivity index (χ1n) is 21.3. The fourth-order valence-corrected chi connectivity index (χ4v) is 6.26. The van der Waals surface area contributed by atoms with Crippen LogP contribution in [0.1, 0.15) is 168 Å². The first kappa shape index (κ1) is 52.0. The molecule has 0 heterocycles. The molecule has 0 aromatic rings. The molecule has 314 valence electrons. The molecule has 0 saturated carbocycles. The standard InChI is InChI=1S/C44H80NO8P/c1-6-8-10-12-14-16-18-20-21-22-23-25-26-28-30-32-34-36-43(46)50-40-42(41-52-54(48,49)51-39-38-45(3,4)5)53-44(47)37-35-33-31-29-27-24-19-17-15-13-11-9-7-2/h8,10,14,16,20-21,23,25,42H,6-7,9,11-13,15,17-19,22,24,26-41H2,1-5H3/b10-8+,16-14+,21-20+,25-23+/t42-/m1/s1. The molecule has 0 aliphatic carbocycles. The lowest BCUT2D eigenvalue weighted by molar-refractivity contribution is -0.870. The number of ether oxygens (including phenoxy) is 2. The van der Waals surface area contributed by atoms with Gasteiger partial charge in [0.25, 0.3) is 7.82 Å². The third-order valence-electron chi connectivity index (χ3n) is 8.86. The van der Waals surface area contributed by atoms with Crippen LogP contribution in [0.3, 0.4) is 0 Å². The van der Waals surface area contributed by atoms with Crippen LogP contribution in [0, 0.1) is 0 Å². The molecular weight excluding hydrogens is 701 g/mol. The van der Waals surface area contributed by atoms with Gasteiger partial charge in [-0.15, -0.1) is 0 Å². The Kier molecular flexibility index (Phi) is 35.2. The Labute approximate surface area is 331 Å². The van der Waals surface area contributed by atoms with E-state index < -0.39 is 32.5 Å². The van der Waals surface area contributed by atoms with Crippen LogP contribution in [-0.2, 0) is 32.7 Å². The molecule has 10 heteroatoms. The molecule has 2 atom stereocenters. The number of phosphoric ester groups is 1. The SMILES string of the molecule is CC/C=C/C/C=C/C/C=C/C/C=C/CCCCCCC(=O)OC[C@H](COP(=O)([O-])OCC[N+](C)(C)C)OC(=O)CCCCCCCCCCCCCCC. The second-order valence-electron chi connectivity index (χ2n) is 15.3. The van der Waals surface area contributed by atoms with Crippen LogP contribution in [0.4, 0.5) is 0 Å². The summed E-state index contributed by atoms with van der Waals surface area (Å²) in [5.74, 6) is -0.862. The van der Waals surface area contributed by atoms with Crippen LogP contribution < -0.4 is 4.89 Å². The number of nitrogens with zero attached hydrogens (tertiary/aromatic N) is 1. The topological polar surface area (TPSA) is 111 Å². The zero-order valence-electron chi connectivity index (χ0n) is 35.2. The number of unbranched alkanes of at least 4 members (excludes halogenated alkanes) is 16. The van der Waals surface area contributed by atoms with Crippen molar-refractivity contribution in [1.82, 2.24) is 0 Å². The van der Waals surface area contributed by atoms with Crippen LogP contribution in [-0.4, -0.2) is 70.0 Å². The van der Waals surface area contributed by atoms with Gasteiger partial charge in [-0.1, -0.05) is 152 Å². The van der Waals surface area contributed by atoms with Crippen LogP contribution in [0.5, 0.6) is 0 Å². The van der Waals surface area contributed by atoms with Gasteiger partial charge >= 0.3 is 11.9 Å². The van der Waals surface area contributed by atoms with Gasteiger partial charge in [0.15, 0.2) is 6.10 Å². The summed E-state index contributed by atoms with van der Waals surface area (Å²) in [6.07, 6.45) is 41.3. The van der Waals surface area contributed by atoms with Gasteiger partial charge in [-0.3, -0.25) is 14.2 Å². The van der Waals surface area contributed by atoms with E-state index in [1.165, 1.54) is 57.8 Å². The van der Waals surface area contributed by atoms with Crippen LogP contribution in [0.15, 0.2) is 48.6 Å². The number of hydrogen-bond donors (Lipinski definition) is 0. The van der Waals surface area contributed by atoms with Crippen molar-refractivity contribution in [2.24, 2.45) is 0 Å². The summed E-state index contributed by atoms with van der Waals surface area (Å²) in [4.78, 5) is 37.5. The summed E-state index contributed by atoms with van der Waals surface area (Å²) < 4.78 is 33.8. The largest absolute Gasteiger partial charge is 0.756 e. The number of carbonyl (C=O) groups is 2. The lowest BCUT2D eigenvalue weighted by atomic mass is 10.0. The van der Waals surface area contributed by atoms with E-state index >= 15 is 0 Å². The number of esters is 2. The Bertz CT molecular complexity index is 1070. The van der Waals surface area contributed by atoms with E-state index in [2.05, 4.69) is 62.5 Å². The van der Waals surface area contributed by atoms with Gasteiger partial charge in [-0.05, 0) is 51.4 Å². The van der Waals surface area contributed by atoms with Crippen molar-refractivity contribution in [1.29, 1.82) is 0 Å². The predicted molar refractivity (Wildman–Crippen MR) is 222 cm³/mol. The highest BCUT2D eigenvalue weighted by Crippen LogP contribution is 2.38. The summed E-state index contributed by atoms with van der Waals surface area (Å²) >= 11 is 0. The molecule has 0 aliphatic rings. The molecule has 0 saturated heterocycles. The summed E-state index contributed by atoms with van der Waals surface area (Å²) in [6.45, 7) is 4.08. The third-order valence-corrected chi connectivity index (χ3v) is 9.83. The number of rotatable bonds is 38. The van der Waals surface area contributed by atoms with E-state index in [9.17, 15) is 19.0 Å². The molecular formula is C44H80NO8P. The molecule has 0 aromatic carbocycles. The van der Waals surface area contributed by atoms with Gasteiger partial charge in [-0.2, -0.15) is 0 Å². The van der Waals surface area contributed by atoms with Gasteiger partial charge in [0.05, 0.1) is 27.7 Å². The van der Waals surface area contributed by atoms with E-state index in [0.717, 1.165) is 70.6 Å². The van der Waals surface area contributed by atoms with E-state index in [-0.39, 0.29) is 26.1 Å². The van der Waals surface area contributed by atoms with Gasteiger partial charge in [0.2, 0.25) is 0 Å². The van der Waals surface area contributed by atoms with E-state index in [1.54, 1.807) is 0 Å². The average molecular weight is 782 g/mol. The maximum atomic E-state index is 12.6. The lowest BCUT2D eigenvalue weighted by Crippen LogP contribution is -2.37. The van der Waals surface area contributed by atoms with Crippen molar-refractivity contribution in [3.63, 3.8) is 0 Å². The zero-order valence-corrected chi connectivity index (χ0v) is 36.0. The van der Waals surface area contributed by atoms with Crippen LogP contribution >= 0.6 is 7.82 Å². The second kappa shape index (κ2) is 36.6. The monoisotopic (exact) mass is 782 g/mol. The fourth-order valence-electron chi connectivity index (χ4n) is 5.53. The molecule has 1 unspecified atom stereocenters. The van der Waals surface area contributed by atoms with Crippen molar-refractivity contribution in [3.8, 4) is 0 Å². The van der Waals surface area contributed by atoms with E-state index in [0.29, 0.717) is 23.9 Å². The molecule has 0 spiro atoms. The average Bonchev–Trinajstić information content (AvgIpc) is 3.12. The fraction of sp³-hybridized carbons (Fsp3) is 0.773. The highest BCUT2D eigenvalue weighted by atomic mass is 31.2. The van der Waals surface area contributed by atoms with Crippen molar-refractivity contribution < 1.29 is 42.1 Å². The minimum absolute atomic E-state index is 0.0355. The van der Waals surface area contributed by atoms with E-state index in [4.69, 9.17) is 18.5 Å². The van der Waals surface area contributed by atoms with Crippen LogP contribution in [0.2, 0.25) is 0 Å². The summed E-state index contributed by atoms with van der Waals surface area (Å²) in [6, 6.07) is 0. The Morgan fingerprint density at radius 2 is 1.06 bits per heavy atom. The van der Waals surface area contributed by atoms with Crippen molar-refractivity contribution in [2.45, 2.75) is 174 Å². The molecule has 0 N–H and O–H groups in total. The molecule has 0 bridgehead atoms. The normalized spacial score (nSPS) is 14.1. The van der Waals surface area contributed by atoms with Crippen molar-refractivity contribution in [2.75, 3.05) is 47.5 Å².